The molecule has 0 saturated heterocycles. The van der Waals surface area contributed by atoms with Gasteiger partial charge in [0, 0.05) is 18.3 Å². The minimum Gasteiger partial charge on any atom is -0.508 e. The Hall–Kier alpha value is -3.27. The number of carbonyl (C=O) groups excluding carboxylic acids is 1. The molecule has 4 heteroatoms. The third kappa shape index (κ3) is 7.65. The summed E-state index contributed by atoms with van der Waals surface area (Å²) in [5.41, 5.74) is 2.49. The highest BCUT2D eigenvalue weighted by Crippen LogP contribution is 2.12. The van der Waals surface area contributed by atoms with Crippen molar-refractivity contribution < 1.29 is 15.0 Å². The molecule has 0 heterocycles. The van der Waals surface area contributed by atoms with Crippen molar-refractivity contribution in [3.63, 3.8) is 0 Å². The molecule has 0 fully saturated rings. The normalized spacial score (nSPS) is 12.2. The zero-order chi connectivity index (χ0) is 19.6. The smallest absolute Gasteiger partial charge is 0.180 e. The number of rotatable bonds is 8. The first kappa shape index (κ1) is 20.0. The lowest BCUT2D eigenvalue weighted by atomic mass is 10.1. The van der Waals surface area contributed by atoms with Gasteiger partial charge in [0.25, 0.3) is 0 Å². The largest absolute Gasteiger partial charge is 0.508 e. The highest BCUT2D eigenvalue weighted by molar-refractivity contribution is 6.02. The molecule has 0 aliphatic carbocycles. The molecule has 0 aliphatic rings. The average molecular weight is 363 g/mol. The number of hydrogen-bond acceptors (Lipinski definition) is 4. The van der Waals surface area contributed by atoms with E-state index in [-0.39, 0.29) is 17.3 Å². The topological polar surface area (TPSA) is 69.6 Å². The van der Waals surface area contributed by atoms with E-state index in [4.69, 9.17) is 0 Å². The van der Waals surface area contributed by atoms with Crippen LogP contribution in [0.2, 0.25) is 0 Å². The van der Waals surface area contributed by atoms with Crippen molar-refractivity contribution in [3.8, 4) is 11.5 Å². The Morgan fingerprint density at radius 1 is 0.889 bits per heavy atom. The van der Waals surface area contributed by atoms with Crippen molar-refractivity contribution in [2.75, 3.05) is 6.54 Å². The molecule has 3 N–H and O–H groups in total. The number of phenols is 2. The van der Waals surface area contributed by atoms with E-state index < -0.39 is 0 Å². The third-order valence-corrected chi connectivity index (χ3v) is 3.69. The van der Waals surface area contributed by atoms with Crippen molar-refractivity contribution in [1.29, 1.82) is 0 Å². The fourth-order valence-electron chi connectivity index (χ4n) is 2.22. The Morgan fingerprint density at radius 3 is 1.85 bits per heavy atom. The molecule has 2 rings (SSSR count). The second-order valence-electron chi connectivity index (χ2n) is 6.63. The lowest BCUT2D eigenvalue weighted by Crippen LogP contribution is -2.18. The van der Waals surface area contributed by atoms with Gasteiger partial charge in [-0.1, -0.05) is 50.3 Å². The molecular weight excluding hydrogens is 338 g/mol. The van der Waals surface area contributed by atoms with Gasteiger partial charge in [0.1, 0.15) is 11.5 Å². The van der Waals surface area contributed by atoms with Gasteiger partial charge < -0.3 is 15.5 Å². The van der Waals surface area contributed by atoms with Gasteiger partial charge in [-0.05, 0) is 53.5 Å². The van der Waals surface area contributed by atoms with Crippen molar-refractivity contribution in [3.05, 3.63) is 83.6 Å². The van der Waals surface area contributed by atoms with E-state index in [0.717, 1.165) is 23.4 Å². The minimum absolute atomic E-state index is 0.135. The van der Waals surface area contributed by atoms with Gasteiger partial charge in [-0.15, -0.1) is 0 Å². The summed E-state index contributed by atoms with van der Waals surface area (Å²) in [6, 6.07) is 13.5. The van der Waals surface area contributed by atoms with E-state index in [0.29, 0.717) is 5.92 Å². The van der Waals surface area contributed by atoms with E-state index in [1.54, 1.807) is 60.7 Å². The molecular formula is C23H25NO3. The molecule has 0 aliphatic heterocycles. The van der Waals surface area contributed by atoms with Gasteiger partial charge >= 0.3 is 0 Å². The number of benzene rings is 2. The summed E-state index contributed by atoms with van der Waals surface area (Å²) in [5.74, 6) is 0.719. The van der Waals surface area contributed by atoms with Gasteiger partial charge in [-0.2, -0.15) is 0 Å². The number of phenolic OH excluding ortho intramolecular Hbond substituents is 2. The first-order valence-electron chi connectivity index (χ1n) is 8.86. The first-order chi connectivity index (χ1) is 12.9. The van der Waals surface area contributed by atoms with E-state index in [1.165, 1.54) is 6.08 Å². The molecule has 0 saturated carbocycles. The third-order valence-electron chi connectivity index (χ3n) is 3.69. The number of carbonyl (C=O) groups is 1. The van der Waals surface area contributed by atoms with Gasteiger partial charge in [0.15, 0.2) is 5.78 Å². The average Bonchev–Trinajstić information content (AvgIpc) is 2.64. The molecule has 0 aromatic heterocycles. The van der Waals surface area contributed by atoms with Crippen LogP contribution in [0.5, 0.6) is 11.5 Å². The van der Waals surface area contributed by atoms with Crippen molar-refractivity contribution in [1.82, 2.24) is 5.32 Å². The fourth-order valence-corrected chi connectivity index (χ4v) is 2.22. The number of nitrogens with one attached hydrogen (secondary N) is 1. The van der Waals surface area contributed by atoms with Gasteiger partial charge in [0.2, 0.25) is 0 Å². The Labute approximate surface area is 160 Å². The SMILES string of the molecule is CC(C)CNC(=C\C(=O)/C=C/c1ccc(O)cc1)/C=C/c1ccc(O)cc1. The first-order valence-corrected chi connectivity index (χ1v) is 8.86. The number of aromatic hydroxyl groups is 2. The molecule has 0 radical (unpaired) electrons. The van der Waals surface area contributed by atoms with Crippen molar-refractivity contribution >= 4 is 17.9 Å². The van der Waals surface area contributed by atoms with Crippen LogP contribution in [0, 0.1) is 5.92 Å². The Balaban J connectivity index is 2.11. The van der Waals surface area contributed by atoms with Crippen LogP contribution in [0.15, 0.2) is 72.5 Å². The highest BCUT2D eigenvalue weighted by Gasteiger charge is 2.00. The standard InChI is InChI=1S/C23H25NO3/c1-17(2)16-24-20(9-3-18-4-10-21(25)11-5-18)15-23(27)14-8-19-6-12-22(26)13-7-19/h3-15,17,24-26H,16H2,1-2H3/b9-3+,14-8+,20-15-. The molecule has 2 aromatic rings. The summed E-state index contributed by atoms with van der Waals surface area (Å²) in [6.45, 7) is 4.95. The Morgan fingerprint density at radius 2 is 1.37 bits per heavy atom. The zero-order valence-corrected chi connectivity index (χ0v) is 15.6. The lowest BCUT2D eigenvalue weighted by molar-refractivity contribution is -0.110. The monoisotopic (exact) mass is 363 g/mol. The van der Waals surface area contributed by atoms with E-state index in [9.17, 15) is 15.0 Å². The van der Waals surface area contributed by atoms with Gasteiger partial charge in [-0.3, -0.25) is 4.79 Å². The zero-order valence-electron chi connectivity index (χ0n) is 15.6. The van der Waals surface area contributed by atoms with Crippen molar-refractivity contribution in [2.24, 2.45) is 5.92 Å². The van der Waals surface area contributed by atoms with Crippen LogP contribution < -0.4 is 5.32 Å². The minimum atomic E-state index is -0.135. The summed E-state index contributed by atoms with van der Waals surface area (Å²) in [5, 5.41) is 21.9. The summed E-state index contributed by atoms with van der Waals surface area (Å²) < 4.78 is 0. The fraction of sp³-hybridized carbons (Fsp3) is 0.174. The van der Waals surface area contributed by atoms with E-state index >= 15 is 0 Å². The summed E-state index contributed by atoms with van der Waals surface area (Å²) in [4.78, 5) is 12.3. The maximum absolute atomic E-state index is 12.3. The predicted molar refractivity (Wildman–Crippen MR) is 110 cm³/mol. The molecule has 0 unspecified atom stereocenters. The van der Waals surface area contributed by atoms with Gasteiger partial charge in [0.05, 0.1) is 0 Å². The van der Waals surface area contributed by atoms with E-state index in [2.05, 4.69) is 19.2 Å². The second kappa shape index (κ2) is 10.0. The Bertz CT molecular complexity index is 829. The predicted octanol–water partition coefficient (Wildman–Crippen LogP) is 4.52. The van der Waals surface area contributed by atoms with Gasteiger partial charge in [-0.25, -0.2) is 0 Å². The lowest BCUT2D eigenvalue weighted by Gasteiger charge is -2.09. The van der Waals surface area contributed by atoms with Crippen LogP contribution in [0.3, 0.4) is 0 Å². The molecule has 4 nitrogen and oxygen atoms in total. The van der Waals surface area contributed by atoms with Crippen LogP contribution in [0.1, 0.15) is 25.0 Å². The van der Waals surface area contributed by atoms with Crippen LogP contribution >= 0.6 is 0 Å². The van der Waals surface area contributed by atoms with Crippen molar-refractivity contribution in [2.45, 2.75) is 13.8 Å². The second-order valence-corrected chi connectivity index (χ2v) is 6.63. The summed E-state index contributed by atoms with van der Waals surface area (Å²) in [6.07, 6.45) is 8.49. The van der Waals surface area contributed by atoms with Crippen LogP contribution in [-0.4, -0.2) is 22.5 Å². The maximum Gasteiger partial charge on any atom is 0.180 e. The molecule has 140 valence electrons. The Kier molecular flexibility index (Phi) is 7.44. The van der Waals surface area contributed by atoms with Crippen LogP contribution in [-0.2, 0) is 4.79 Å². The quantitative estimate of drug-likeness (QED) is 0.476. The number of ketones is 1. The molecule has 0 spiro atoms. The number of hydrogen-bond donors (Lipinski definition) is 3. The number of allylic oxidation sites excluding steroid dienone is 3. The van der Waals surface area contributed by atoms with Crippen LogP contribution in [0.25, 0.3) is 12.2 Å². The van der Waals surface area contributed by atoms with Crippen LogP contribution in [0.4, 0.5) is 0 Å². The maximum atomic E-state index is 12.3. The molecule has 2 aromatic carbocycles. The molecule has 0 atom stereocenters. The summed E-state index contributed by atoms with van der Waals surface area (Å²) >= 11 is 0. The molecule has 27 heavy (non-hydrogen) atoms. The summed E-state index contributed by atoms with van der Waals surface area (Å²) in [7, 11) is 0. The molecule has 0 amide bonds. The van der Waals surface area contributed by atoms with E-state index in [1.807, 2.05) is 12.2 Å². The highest BCUT2D eigenvalue weighted by atomic mass is 16.3. The molecule has 0 bridgehead atoms.